The molecule has 1 saturated heterocycles. The molecule has 0 spiro atoms. The first kappa shape index (κ1) is 14.6. The van der Waals surface area contributed by atoms with Crippen LogP contribution in [0.25, 0.3) is 0 Å². The predicted molar refractivity (Wildman–Crippen MR) is 87.5 cm³/mol. The molecule has 1 aromatic carbocycles. The molecule has 114 valence electrons. The smallest absolute Gasteiger partial charge is 0.321 e. The Bertz CT molecular complexity index is 653. The largest absolute Gasteiger partial charge is 0.352 e. The van der Waals surface area contributed by atoms with E-state index in [1.165, 1.54) is 4.88 Å². The second-order valence-electron chi connectivity index (χ2n) is 5.02. The summed E-state index contributed by atoms with van der Waals surface area (Å²) < 4.78 is 0. The van der Waals surface area contributed by atoms with Crippen LogP contribution in [0.15, 0.2) is 41.8 Å². The van der Waals surface area contributed by atoms with E-state index >= 15 is 0 Å². The highest BCUT2D eigenvalue weighted by Crippen LogP contribution is 2.17. The standard InChI is InChI=1S/C16H17N3O2S/c20-15(17-8-7-14-2-1-11-22-14)12-3-5-13(6-4-12)19-10-9-18-16(19)21/h1-6,11H,7-10H2,(H,17,20)(H,18,21). The topological polar surface area (TPSA) is 61.4 Å². The molecule has 0 radical (unpaired) electrons. The summed E-state index contributed by atoms with van der Waals surface area (Å²) in [5.41, 5.74) is 1.42. The zero-order valence-corrected chi connectivity index (χ0v) is 12.9. The summed E-state index contributed by atoms with van der Waals surface area (Å²) >= 11 is 1.69. The minimum Gasteiger partial charge on any atom is -0.352 e. The minimum absolute atomic E-state index is 0.0889. The number of hydrogen-bond donors (Lipinski definition) is 2. The van der Waals surface area contributed by atoms with Gasteiger partial charge in [0, 0.05) is 35.8 Å². The molecule has 1 fully saturated rings. The molecular weight excluding hydrogens is 298 g/mol. The number of thiophene rings is 1. The van der Waals surface area contributed by atoms with Gasteiger partial charge in [0.25, 0.3) is 5.91 Å². The van der Waals surface area contributed by atoms with Crippen molar-refractivity contribution in [3.05, 3.63) is 52.2 Å². The van der Waals surface area contributed by atoms with E-state index in [1.54, 1.807) is 40.5 Å². The SMILES string of the molecule is O=C(NCCc1cccs1)c1ccc(N2CCNC2=O)cc1. The third kappa shape index (κ3) is 3.28. The number of anilines is 1. The fourth-order valence-corrected chi connectivity index (χ4v) is 3.08. The normalized spacial score (nSPS) is 14.0. The zero-order chi connectivity index (χ0) is 15.4. The summed E-state index contributed by atoms with van der Waals surface area (Å²) in [5, 5.41) is 7.70. The summed E-state index contributed by atoms with van der Waals surface area (Å²) in [4.78, 5) is 26.6. The van der Waals surface area contributed by atoms with Gasteiger partial charge in [-0.05, 0) is 42.1 Å². The molecule has 0 atom stereocenters. The van der Waals surface area contributed by atoms with E-state index in [9.17, 15) is 9.59 Å². The zero-order valence-electron chi connectivity index (χ0n) is 12.0. The van der Waals surface area contributed by atoms with Crippen molar-refractivity contribution in [2.24, 2.45) is 0 Å². The van der Waals surface area contributed by atoms with Crippen LogP contribution in [0.4, 0.5) is 10.5 Å². The number of nitrogens with zero attached hydrogens (tertiary/aromatic N) is 1. The Morgan fingerprint density at radius 1 is 1.27 bits per heavy atom. The summed E-state index contributed by atoms with van der Waals surface area (Å²) in [7, 11) is 0. The van der Waals surface area contributed by atoms with E-state index in [0.717, 1.165) is 12.1 Å². The Hall–Kier alpha value is -2.34. The van der Waals surface area contributed by atoms with Gasteiger partial charge in [-0.2, -0.15) is 0 Å². The highest BCUT2D eigenvalue weighted by molar-refractivity contribution is 7.09. The lowest BCUT2D eigenvalue weighted by molar-refractivity contribution is 0.0954. The maximum Gasteiger partial charge on any atom is 0.321 e. The van der Waals surface area contributed by atoms with Crippen molar-refractivity contribution in [1.82, 2.24) is 10.6 Å². The summed E-state index contributed by atoms with van der Waals surface area (Å²) in [5.74, 6) is -0.0889. The number of carbonyl (C=O) groups is 2. The van der Waals surface area contributed by atoms with Crippen LogP contribution < -0.4 is 15.5 Å². The van der Waals surface area contributed by atoms with Crippen LogP contribution in [0.1, 0.15) is 15.2 Å². The quantitative estimate of drug-likeness (QED) is 0.889. The predicted octanol–water partition coefficient (Wildman–Crippen LogP) is 2.25. The summed E-state index contributed by atoms with van der Waals surface area (Å²) in [6, 6.07) is 11.1. The van der Waals surface area contributed by atoms with Gasteiger partial charge in [-0.1, -0.05) is 6.07 Å². The number of urea groups is 1. The van der Waals surface area contributed by atoms with Gasteiger partial charge in [0.2, 0.25) is 0 Å². The van der Waals surface area contributed by atoms with Gasteiger partial charge in [-0.3, -0.25) is 9.69 Å². The molecule has 0 aliphatic carbocycles. The molecule has 0 bridgehead atoms. The van der Waals surface area contributed by atoms with E-state index in [2.05, 4.69) is 16.7 Å². The Balaban J connectivity index is 1.55. The molecule has 1 aliphatic heterocycles. The van der Waals surface area contributed by atoms with E-state index in [-0.39, 0.29) is 11.9 Å². The number of amides is 3. The molecule has 1 aliphatic rings. The first-order valence-electron chi connectivity index (χ1n) is 7.20. The van der Waals surface area contributed by atoms with Crippen LogP contribution in [0.2, 0.25) is 0 Å². The summed E-state index contributed by atoms with van der Waals surface area (Å²) in [6.45, 7) is 1.94. The molecule has 2 N–H and O–H groups in total. The molecule has 2 aromatic rings. The Labute approximate surface area is 132 Å². The van der Waals surface area contributed by atoms with Gasteiger partial charge >= 0.3 is 6.03 Å². The highest BCUT2D eigenvalue weighted by atomic mass is 32.1. The Morgan fingerprint density at radius 3 is 2.73 bits per heavy atom. The molecule has 6 heteroatoms. The molecule has 22 heavy (non-hydrogen) atoms. The Kier molecular flexibility index (Phi) is 4.39. The lowest BCUT2D eigenvalue weighted by atomic mass is 10.2. The third-order valence-electron chi connectivity index (χ3n) is 3.54. The van der Waals surface area contributed by atoms with Crippen molar-refractivity contribution in [2.75, 3.05) is 24.5 Å². The second kappa shape index (κ2) is 6.62. The van der Waals surface area contributed by atoms with E-state index in [0.29, 0.717) is 25.2 Å². The van der Waals surface area contributed by atoms with Crippen molar-refractivity contribution in [1.29, 1.82) is 0 Å². The average Bonchev–Trinajstić information content (AvgIpc) is 3.19. The van der Waals surface area contributed by atoms with Crippen LogP contribution in [-0.4, -0.2) is 31.6 Å². The molecule has 2 heterocycles. The van der Waals surface area contributed by atoms with Gasteiger partial charge in [0.1, 0.15) is 0 Å². The van der Waals surface area contributed by atoms with Gasteiger partial charge in [-0.25, -0.2) is 4.79 Å². The molecular formula is C16H17N3O2S. The van der Waals surface area contributed by atoms with Gasteiger partial charge in [0.15, 0.2) is 0 Å². The van der Waals surface area contributed by atoms with Crippen molar-refractivity contribution in [3.8, 4) is 0 Å². The van der Waals surface area contributed by atoms with Crippen molar-refractivity contribution in [2.45, 2.75) is 6.42 Å². The van der Waals surface area contributed by atoms with Crippen LogP contribution in [-0.2, 0) is 6.42 Å². The van der Waals surface area contributed by atoms with Crippen molar-refractivity contribution >= 4 is 29.0 Å². The molecule has 0 unspecified atom stereocenters. The molecule has 0 saturated carbocycles. The van der Waals surface area contributed by atoms with E-state index in [1.807, 2.05) is 11.4 Å². The average molecular weight is 315 g/mol. The Morgan fingerprint density at radius 2 is 2.09 bits per heavy atom. The van der Waals surface area contributed by atoms with E-state index in [4.69, 9.17) is 0 Å². The second-order valence-corrected chi connectivity index (χ2v) is 6.05. The van der Waals surface area contributed by atoms with Crippen molar-refractivity contribution < 1.29 is 9.59 Å². The van der Waals surface area contributed by atoms with Gasteiger partial charge in [-0.15, -0.1) is 11.3 Å². The lowest BCUT2D eigenvalue weighted by Gasteiger charge is -2.14. The van der Waals surface area contributed by atoms with Gasteiger partial charge in [0.05, 0.1) is 0 Å². The van der Waals surface area contributed by atoms with Crippen LogP contribution in [0, 0.1) is 0 Å². The highest BCUT2D eigenvalue weighted by Gasteiger charge is 2.21. The molecule has 1 aromatic heterocycles. The van der Waals surface area contributed by atoms with Gasteiger partial charge < -0.3 is 10.6 Å². The fraction of sp³-hybridized carbons (Fsp3) is 0.250. The first-order valence-corrected chi connectivity index (χ1v) is 8.08. The third-order valence-corrected chi connectivity index (χ3v) is 4.47. The lowest BCUT2D eigenvalue weighted by Crippen LogP contribution is -2.28. The molecule has 3 rings (SSSR count). The maximum absolute atomic E-state index is 12.1. The van der Waals surface area contributed by atoms with Crippen LogP contribution >= 0.6 is 11.3 Å². The number of nitrogens with one attached hydrogen (secondary N) is 2. The number of rotatable bonds is 5. The number of carbonyl (C=O) groups excluding carboxylic acids is 2. The monoisotopic (exact) mass is 315 g/mol. The van der Waals surface area contributed by atoms with Crippen LogP contribution in [0.5, 0.6) is 0 Å². The molecule has 3 amide bonds. The van der Waals surface area contributed by atoms with E-state index < -0.39 is 0 Å². The minimum atomic E-state index is -0.0897. The number of hydrogen-bond acceptors (Lipinski definition) is 3. The van der Waals surface area contributed by atoms with Crippen LogP contribution in [0.3, 0.4) is 0 Å². The fourth-order valence-electron chi connectivity index (χ4n) is 2.37. The maximum atomic E-state index is 12.1. The summed E-state index contributed by atoms with van der Waals surface area (Å²) in [6.07, 6.45) is 0.843. The molecule has 5 nitrogen and oxygen atoms in total. The number of benzene rings is 1. The van der Waals surface area contributed by atoms with Crippen molar-refractivity contribution in [3.63, 3.8) is 0 Å². The first-order chi connectivity index (χ1) is 10.7.